The van der Waals surface area contributed by atoms with Gasteiger partial charge in [0.05, 0.1) is 19.1 Å². The Kier molecular flexibility index (Phi) is 5.80. The predicted octanol–water partition coefficient (Wildman–Crippen LogP) is 1.67. The number of amides is 1. The highest BCUT2D eigenvalue weighted by Gasteiger charge is 2.36. The first-order chi connectivity index (χ1) is 9.24. The summed E-state index contributed by atoms with van der Waals surface area (Å²) in [6, 6.07) is -0.571. The molecule has 20 heavy (non-hydrogen) atoms. The zero-order valence-corrected chi connectivity index (χ0v) is 12.8. The number of ether oxygens (including phenoxy) is 2. The number of nitrogens with two attached hydrogens (primary N) is 1. The van der Waals surface area contributed by atoms with Gasteiger partial charge in [0, 0.05) is 12.6 Å². The van der Waals surface area contributed by atoms with Crippen molar-refractivity contribution in [2.75, 3.05) is 13.2 Å². The lowest BCUT2D eigenvalue weighted by atomic mass is 9.95. The first-order valence-electron chi connectivity index (χ1n) is 7.15. The molecule has 2 atom stereocenters. The third-order valence-electron chi connectivity index (χ3n) is 3.14. The molecule has 0 spiro atoms. The largest absolute Gasteiger partial charge is 0.466 e. The molecule has 1 saturated heterocycles. The highest BCUT2D eigenvalue weighted by molar-refractivity contribution is 5.73. The predicted molar refractivity (Wildman–Crippen MR) is 75.2 cm³/mol. The number of hydrogen-bond acceptors (Lipinski definition) is 5. The first-order valence-corrected chi connectivity index (χ1v) is 7.15. The number of rotatable bonds is 3. The summed E-state index contributed by atoms with van der Waals surface area (Å²) in [4.78, 5) is 25.4. The van der Waals surface area contributed by atoms with Gasteiger partial charge in [-0.15, -0.1) is 0 Å². The molecule has 2 N–H and O–H groups in total. The van der Waals surface area contributed by atoms with Gasteiger partial charge in [-0.3, -0.25) is 4.79 Å². The van der Waals surface area contributed by atoms with Crippen molar-refractivity contribution in [2.45, 2.75) is 64.6 Å². The molecule has 6 heteroatoms. The van der Waals surface area contributed by atoms with Gasteiger partial charge in [0.1, 0.15) is 5.60 Å². The molecule has 1 amide bonds. The Morgan fingerprint density at radius 3 is 2.55 bits per heavy atom. The average Bonchev–Trinajstić information content (AvgIpc) is 2.29. The molecule has 0 aromatic rings. The molecule has 1 aliphatic heterocycles. The Labute approximate surface area is 120 Å². The molecule has 0 bridgehead atoms. The molecule has 116 valence electrons. The van der Waals surface area contributed by atoms with Crippen molar-refractivity contribution in [1.82, 2.24) is 4.90 Å². The molecule has 0 unspecified atom stereocenters. The third-order valence-corrected chi connectivity index (χ3v) is 3.14. The van der Waals surface area contributed by atoms with Crippen LogP contribution in [0.1, 0.15) is 47.0 Å². The van der Waals surface area contributed by atoms with Crippen LogP contribution in [0.3, 0.4) is 0 Å². The van der Waals surface area contributed by atoms with Crippen molar-refractivity contribution in [3.8, 4) is 0 Å². The minimum atomic E-state index is -0.562. The van der Waals surface area contributed by atoms with Gasteiger partial charge in [-0.1, -0.05) is 0 Å². The monoisotopic (exact) mass is 286 g/mol. The van der Waals surface area contributed by atoms with Gasteiger partial charge in [-0.25, -0.2) is 4.79 Å². The zero-order chi connectivity index (χ0) is 15.3. The van der Waals surface area contributed by atoms with E-state index in [1.165, 1.54) is 0 Å². The molecule has 1 aliphatic rings. The standard InChI is InChI=1S/C14H26N2O4/c1-5-19-12(17)9-11-10(15)7-6-8-16(11)13(18)20-14(2,3)4/h10-11H,5-9,15H2,1-4H3/t10-,11+/m0/s1. The van der Waals surface area contributed by atoms with Crippen LogP contribution in [0.2, 0.25) is 0 Å². The lowest BCUT2D eigenvalue weighted by Gasteiger charge is -2.39. The summed E-state index contributed by atoms with van der Waals surface area (Å²) in [5.41, 5.74) is 5.50. The minimum Gasteiger partial charge on any atom is -0.466 e. The fraction of sp³-hybridized carbons (Fsp3) is 0.857. The summed E-state index contributed by atoms with van der Waals surface area (Å²) in [5.74, 6) is -0.330. The quantitative estimate of drug-likeness (QED) is 0.798. The van der Waals surface area contributed by atoms with Crippen molar-refractivity contribution < 1.29 is 19.1 Å². The van der Waals surface area contributed by atoms with E-state index < -0.39 is 11.7 Å². The molecule has 0 radical (unpaired) electrons. The summed E-state index contributed by atoms with van der Waals surface area (Å²) >= 11 is 0. The number of carbonyl (C=O) groups is 2. The third kappa shape index (κ3) is 5.00. The highest BCUT2D eigenvalue weighted by atomic mass is 16.6. The average molecular weight is 286 g/mol. The molecule has 0 aromatic heterocycles. The summed E-state index contributed by atoms with van der Waals surface area (Å²) < 4.78 is 10.3. The van der Waals surface area contributed by atoms with Crippen molar-refractivity contribution in [1.29, 1.82) is 0 Å². The Morgan fingerprint density at radius 2 is 2.00 bits per heavy atom. The lowest BCUT2D eigenvalue weighted by molar-refractivity contribution is -0.144. The van der Waals surface area contributed by atoms with Gasteiger partial charge in [-0.2, -0.15) is 0 Å². The molecular weight excluding hydrogens is 260 g/mol. The number of likely N-dealkylation sites (tertiary alicyclic amines) is 1. The molecule has 0 aromatic carbocycles. The molecular formula is C14H26N2O4. The summed E-state index contributed by atoms with van der Waals surface area (Å²) in [7, 11) is 0. The maximum Gasteiger partial charge on any atom is 0.410 e. The second kappa shape index (κ2) is 6.92. The molecule has 6 nitrogen and oxygen atoms in total. The highest BCUT2D eigenvalue weighted by Crippen LogP contribution is 2.22. The van der Waals surface area contributed by atoms with E-state index in [0.29, 0.717) is 13.2 Å². The van der Waals surface area contributed by atoms with Crippen molar-refractivity contribution in [2.24, 2.45) is 5.73 Å². The SMILES string of the molecule is CCOC(=O)C[C@@H]1[C@@H](N)CCCN1C(=O)OC(C)(C)C. The topological polar surface area (TPSA) is 81.9 Å². The number of carbonyl (C=O) groups excluding carboxylic acids is 2. The van der Waals surface area contributed by atoms with Crippen molar-refractivity contribution in [3.63, 3.8) is 0 Å². The van der Waals surface area contributed by atoms with Crippen molar-refractivity contribution >= 4 is 12.1 Å². The molecule has 0 saturated carbocycles. The zero-order valence-electron chi connectivity index (χ0n) is 12.8. The molecule has 0 aliphatic carbocycles. The van der Waals surface area contributed by atoms with Crippen LogP contribution in [0.4, 0.5) is 4.79 Å². The fourth-order valence-electron chi connectivity index (χ4n) is 2.29. The van der Waals surface area contributed by atoms with Gasteiger partial charge in [0.15, 0.2) is 0 Å². The Morgan fingerprint density at radius 1 is 1.35 bits per heavy atom. The maximum atomic E-state index is 12.2. The van der Waals surface area contributed by atoms with E-state index >= 15 is 0 Å². The van der Waals surface area contributed by atoms with Gasteiger partial charge >= 0.3 is 12.1 Å². The van der Waals surface area contributed by atoms with Gasteiger partial charge in [0.2, 0.25) is 0 Å². The second-order valence-corrected chi connectivity index (χ2v) is 6.06. The Hall–Kier alpha value is -1.30. The van der Waals surface area contributed by atoms with E-state index in [0.717, 1.165) is 12.8 Å². The molecule has 1 rings (SSSR count). The lowest BCUT2D eigenvalue weighted by Crippen LogP contribution is -2.56. The molecule has 1 heterocycles. The van der Waals surface area contributed by atoms with Crippen LogP contribution in [0.25, 0.3) is 0 Å². The van der Waals surface area contributed by atoms with E-state index in [9.17, 15) is 9.59 Å². The van der Waals surface area contributed by atoms with E-state index in [1.807, 2.05) is 20.8 Å². The van der Waals surface area contributed by atoms with Crippen LogP contribution in [-0.4, -0.2) is 47.8 Å². The normalized spacial score (nSPS) is 23.4. The summed E-state index contributed by atoms with van der Waals surface area (Å²) in [5, 5.41) is 0. The fourth-order valence-corrected chi connectivity index (χ4v) is 2.29. The van der Waals surface area contributed by atoms with E-state index in [-0.39, 0.29) is 24.5 Å². The number of nitrogens with zero attached hydrogens (tertiary/aromatic N) is 1. The van der Waals surface area contributed by atoms with E-state index in [4.69, 9.17) is 15.2 Å². The van der Waals surface area contributed by atoms with Gasteiger partial charge in [-0.05, 0) is 40.5 Å². The van der Waals surface area contributed by atoms with Crippen molar-refractivity contribution in [3.05, 3.63) is 0 Å². The molecule has 1 fully saturated rings. The van der Waals surface area contributed by atoms with E-state index in [1.54, 1.807) is 11.8 Å². The van der Waals surface area contributed by atoms with Gasteiger partial charge < -0.3 is 20.1 Å². The summed E-state index contributed by atoms with van der Waals surface area (Å²) in [6.45, 7) is 8.09. The van der Waals surface area contributed by atoms with Crippen LogP contribution >= 0.6 is 0 Å². The Bertz CT molecular complexity index is 352. The van der Waals surface area contributed by atoms with Crippen LogP contribution in [0, 0.1) is 0 Å². The van der Waals surface area contributed by atoms with Crippen LogP contribution in [0.5, 0.6) is 0 Å². The smallest absolute Gasteiger partial charge is 0.410 e. The van der Waals surface area contributed by atoms with Crippen LogP contribution in [0.15, 0.2) is 0 Å². The van der Waals surface area contributed by atoms with Crippen LogP contribution in [-0.2, 0) is 14.3 Å². The first kappa shape index (κ1) is 16.8. The van der Waals surface area contributed by atoms with E-state index in [2.05, 4.69) is 0 Å². The van der Waals surface area contributed by atoms with Gasteiger partial charge in [0.25, 0.3) is 0 Å². The number of hydrogen-bond donors (Lipinski definition) is 1. The second-order valence-electron chi connectivity index (χ2n) is 6.06. The summed E-state index contributed by atoms with van der Waals surface area (Å²) in [6.07, 6.45) is 1.32. The Balaban J connectivity index is 2.74. The number of esters is 1. The van der Waals surface area contributed by atoms with Crippen LogP contribution < -0.4 is 5.73 Å². The number of piperidine rings is 1. The minimum absolute atomic E-state index is 0.119. The maximum absolute atomic E-state index is 12.2.